The summed E-state index contributed by atoms with van der Waals surface area (Å²) in [7, 11) is 1.68. The largest absolute Gasteiger partial charge is 0.497 e. The Kier molecular flexibility index (Phi) is 3.18. The zero-order valence-electron chi connectivity index (χ0n) is 10.6. The maximum absolute atomic E-state index is 6.00. The lowest BCUT2D eigenvalue weighted by atomic mass is 10.2. The maximum atomic E-state index is 6.00. The molecule has 0 atom stereocenters. The Labute approximate surface area is 117 Å². The zero-order valence-corrected chi connectivity index (χ0v) is 11.4. The minimum Gasteiger partial charge on any atom is -0.497 e. The third kappa shape index (κ3) is 2.45. The second-order valence-corrected chi connectivity index (χ2v) is 4.93. The first-order valence-corrected chi connectivity index (χ1v) is 6.51. The van der Waals surface area contributed by atoms with Crippen LogP contribution in [0.2, 0.25) is 5.02 Å². The highest BCUT2D eigenvalue weighted by Crippen LogP contribution is 2.22. The van der Waals surface area contributed by atoms with E-state index in [0.717, 1.165) is 17.3 Å². The highest BCUT2D eigenvalue weighted by molar-refractivity contribution is 6.31. The molecule has 0 saturated carbocycles. The van der Waals surface area contributed by atoms with Crippen LogP contribution in [0, 0.1) is 0 Å². The summed E-state index contributed by atoms with van der Waals surface area (Å²) in [5, 5.41) is 1.94. The Morgan fingerprint density at radius 2 is 1.84 bits per heavy atom. The van der Waals surface area contributed by atoms with Gasteiger partial charge in [0.15, 0.2) is 0 Å². The Morgan fingerprint density at radius 1 is 1.05 bits per heavy atom. The molecule has 2 aromatic carbocycles. The van der Waals surface area contributed by atoms with Crippen molar-refractivity contribution < 1.29 is 4.74 Å². The molecular weight excluding hydrogens is 258 g/mol. The van der Waals surface area contributed by atoms with Crippen LogP contribution in [0.15, 0.2) is 54.7 Å². The minimum atomic E-state index is 0.773. The van der Waals surface area contributed by atoms with Gasteiger partial charge in [0.2, 0.25) is 0 Å². The molecule has 0 amide bonds. The van der Waals surface area contributed by atoms with Crippen molar-refractivity contribution in [2.24, 2.45) is 0 Å². The van der Waals surface area contributed by atoms with Crippen LogP contribution >= 0.6 is 11.6 Å². The van der Waals surface area contributed by atoms with Gasteiger partial charge in [0.25, 0.3) is 0 Å². The van der Waals surface area contributed by atoms with Crippen molar-refractivity contribution in [1.29, 1.82) is 0 Å². The number of aromatic nitrogens is 1. The molecule has 1 aromatic heterocycles. The fourth-order valence-corrected chi connectivity index (χ4v) is 2.42. The Hall–Kier alpha value is -1.93. The fraction of sp³-hybridized carbons (Fsp3) is 0.125. The number of halogens is 1. The van der Waals surface area contributed by atoms with Crippen molar-refractivity contribution in [3.8, 4) is 5.75 Å². The van der Waals surface area contributed by atoms with Crippen molar-refractivity contribution in [2.45, 2.75) is 6.54 Å². The van der Waals surface area contributed by atoms with Crippen LogP contribution < -0.4 is 4.74 Å². The molecule has 0 spiro atoms. The average Bonchev–Trinajstić information content (AvgIpc) is 2.82. The second-order valence-electron chi connectivity index (χ2n) is 4.49. The predicted molar refractivity (Wildman–Crippen MR) is 79.0 cm³/mol. The van der Waals surface area contributed by atoms with Gasteiger partial charge in [-0.3, -0.25) is 0 Å². The number of hydrogen-bond donors (Lipinski definition) is 0. The summed E-state index contributed by atoms with van der Waals surface area (Å²) in [6.07, 6.45) is 2.09. The topological polar surface area (TPSA) is 14.2 Å². The van der Waals surface area contributed by atoms with Crippen molar-refractivity contribution in [2.75, 3.05) is 7.11 Å². The molecule has 2 nitrogen and oxygen atoms in total. The number of rotatable bonds is 3. The molecule has 0 aliphatic rings. The van der Waals surface area contributed by atoms with Gasteiger partial charge in [0, 0.05) is 28.7 Å². The minimum absolute atomic E-state index is 0.773. The van der Waals surface area contributed by atoms with E-state index in [1.165, 1.54) is 16.5 Å². The Morgan fingerprint density at radius 3 is 2.58 bits per heavy atom. The number of hydrogen-bond acceptors (Lipinski definition) is 1. The summed E-state index contributed by atoms with van der Waals surface area (Å²) in [6, 6.07) is 16.2. The first-order chi connectivity index (χ1) is 9.26. The molecule has 3 heteroatoms. The standard InChI is InChI=1S/C16H14ClNO/c1-19-15-5-2-12(3-6-15)11-18-9-8-13-10-14(17)4-7-16(13)18/h2-10H,11H2,1H3. The van der Waals surface area contributed by atoms with Crippen LogP contribution in [0.5, 0.6) is 5.75 Å². The quantitative estimate of drug-likeness (QED) is 0.691. The zero-order chi connectivity index (χ0) is 13.2. The van der Waals surface area contributed by atoms with E-state index in [4.69, 9.17) is 16.3 Å². The van der Waals surface area contributed by atoms with Gasteiger partial charge in [0.1, 0.15) is 5.75 Å². The molecular formula is C16H14ClNO. The fourth-order valence-electron chi connectivity index (χ4n) is 2.24. The number of ether oxygens (including phenoxy) is 1. The van der Waals surface area contributed by atoms with E-state index in [9.17, 15) is 0 Å². The lowest BCUT2D eigenvalue weighted by Crippen LogP contribution is -1.97. The highest BCUT2D eigenvalue weighted by atomic mass is 35.5. The summed E-state index contributed by atoms with van der Waals surface area (Å²) >= 11 is 6.00. The third-order valence-electron chi connectivity index (χ3n) is 3.25. The predicted octanol–water partition coefficient (Wildman–Crippen LogP) is 4.35. The molecule has 1 heterocycles. The van der Waals surface area contributed by atoms with Crippen molar-refractivity contribution >= 4 is 22.5 Å². The van der Waals surface area contributed by atoms with Crippen LogP contribution in [-0.2, 0) is 6.54 Å². The van der Waals surface area contributed by atoms with Gasteiger partial charge in [-0.05, 0) is 42.0 Å². The molecule has 0 bridgehead atoms. The molecule has 0 radical (unpaired) electrons. The van der Waals surface area contributed by atoms with E-state index >= 15 is 0 Å². The molecule has 0 fully saturated rings. The van der Waals surface area contributed by atoms with Crippen LogP contribution in [0.3, 0.4) is 0 Å². The number of fused-ring (bicyclic) bond motifs is 1. The lowest BCUT2D eigenvalue weighted by molar-refractivity contribution is 0.414. The van der Waals surface area contributed by atoms with E-state index in [2.05, 4.69) is 35.0 Å². The number of benzene rings is 2. The molecule has 3 rings (SSSR count). The molecule has 96 valence electrons. The summed E-state index contributed by atoms with van der Waals surface area (Å²) in [5.74, 6) is 0.882. The molecule has 0 aliphatic carbocycles. The van der Waals surface area contributed by atoms with E-state index in [1.54, 1.807) is 7.11 Å². The Bertz CT molecular complexity index is 700. The monoisotopic (exact) mass is 271 g/mol. The van der Waals surface area contributed by atoms with E-state index in [0.29, 0.717) is 0 Å². The average molecular weight is 272 g/mol. The van der Waals surface area contributed by atoms with Gasteiger partial charge in [0.05, 0.1) is 7.11 Å². The molecule has 0 N–H and O–H groups in total. The van der Waals surface area contributed by atoms with Crippen LogP contribution in [0.4, 0.5) is 0 Å². The SMILES string of the molecule is COc1ccc(Cn2ccc3cc(Cl)ccc32)cc1. The van der Waals surface area contributed by atoms with Crippen LogP contribution in [0.1, 0.15) is 5.56 Å². The van der Waals surface area contributed by atoms with Crippen LogP contribution in [-0.4, -0.2) is 11.7 Å². The molecule has 19 heavy (non-hydrogen) atoms. The maximum Gasteiger partial charge on any atom is 0.118 e. The number of nitrogens with zero attached hydrogens (tertiary/aromatic N) is 1. The first-order valence-electron chi connectivity index (χ1n) is 6.13. The summed E-state index contributed by atoms with van der Waals surface area (Å²) in [5.41, 5.74) is 2.44. The van der Waals surface area contributed by atoms with E-state index < -0.39 is 0 Å². The molecule has 0 unspecified atom stereocenters. The van der Waals surface area contributed by atoms with E-state index in [1.807, 2.05) is 24.3 Å². The van der Waals surface area contributed by atoms with Gasteiger partial charge in [-0.2, -0.15) is 0 Å². The van der Waals surface area contributed by atoms with Gasteiger partial charge < -0.3 is 9.30 Å². The molecule has 3 aromatic rings. The summed E-state index contributed by atoms with van der Waals surface area (Å²) < 4.78 is 7.38. The molecule has 0 aliphatic heterocycles. The van der Waals surface area contributed by atoms with Crippen molar-refractivity contribution in [1.82, 2.24) is 4.57 Å². The Balaban J connectivity index is 1.92. The lowest BCUT2D eigenvalue weighted by Gasteiger charge is -2.07. The second kappa shape index (κ2) is 4.98. The third-order valence-corrected chi connectivity index (χ3v) is 3.48. The van der Waals surface area contributed by atoms with Crippen molar-refractivity contribution in [3.63, 3.8) is 0 Å². The van der Waals surface area contributed by atoms with E-state index in [-0.39, 0.29) is 0 Å². The first kappa shape index (κ1) is 12.1. The van der Waals surface area contributed by atoms with Gasteiger partial charge in [-0.15, -0.1) is 0 Å². The van der Waals surface area contributed by atoms with Gasteiger partial charge in [-0.1, -0.05) is 23.7 Å². The summed E-state index contributed by atoms with van der Waals surface area (Å²) in [4.78, 5) is 0. The highest BCUT2D eigenvalue weighted by Gasteiger charge is 2.02. The van der Waals surface area contributed by atoms with Gasteiger partial charge in [-0.25, -0.2) is 0 Å². The van der Waals surface area contributed by atoms with Crippen LogP contribution in [0.25, 0.3) is 10.9 Å². The van der Waals surface area contributed by atoms with Crippen molar-refractivity contribution in [3.05, 3.63) is 65.3 Å². The number of methoxy groups -OCH3 is 1. The normalized spacial score (nSPS) is 10.8. The molecule has 0 saturated heterocycles. The van der Waals surface area contributed by atoms with Gasteiger partial charge >= 0.3 is 0 Å². The summed E-state index contributed by atoms with van der Waals surface area (Å²) in [6.45, 7) is 0.842. The smallest absolute Gasteiger partial charge is 0.118 e.